The number of hydrogen-bond donors (Lipinski definition) is 3. The minimum Gasteiger partial charge on any atom is -0.507 e. The lowest BCUT2D eigenvalue weighted by atomic mass is 9.86. The predicted octanol–water partition coefficient (Wildman–Crippen LogP) is 7.46. The van der Waals surface area contributed by atoms with E-state index in [0.29, 0.717) is 35.0 Å². The van der Waals surface area contributed by atoms with Gasteiger partial charge in [-0.3, -0.25) is 10.1 Å². The van der Waals surface area contributed by atoms with Crippen molar-refractivity contribution in [2.24, 2.45) is 5.92 Å². The third kappa shape index (κ3) is 7.65. The third-order valence-corrected chi connectivity index (χ3v) is 13.1. The number of nitrogens with one attached hydrogen (secondary N) is 1. The van der Waals surface area contributed by atoms with Crippen LogP contribution in [0.2, 0.25) is 0 Å². The Morgan fingerprint density at radius 1 is 0.931 bits per heavy atom. The number of hydrogen-bond acceptors (Lipinski definition) is 9. The molecule has 3 aromatic carbocycles. The van der Waals surface area contributed by atoms with Crippen LogP contribution in [0, 0.1) is 19.8 Å². The molecule has 4 aliphatic heterocycles. The summed E-state index contributed by atoms with van der Waals surface area (Å²) in [5.74, 6) is 1.57. The van der Waals surface area contributed by atoms with E-state index in [4.69, 9.17) is 8.48 Å². The van der Waals surface area contributed by atoms with Gasteiger partial charge in [-0.15, -0.1) is 10.2 Å². The summed E-state index contributed by atoms with van der Waals surface area (Å²) in [4.78, 5) is 22.7. The van der Waals surface area contributed by atoms with E-state index >= 15 is 0 Å². The van der Waals surface area contributed by atoms with Crippen LogP contribution in [0.3, 0.4) is 0 Å². The number of likely N-dealkylation sites (tertiary alicyclic amines) is 2. The molecule has 0 radical (unpaired) electrons. The lowest BCUT2D eigenvalue weighted by Crippen LogP contribution is -2.43. The monoisotopic (exact) mass is 781 g/mol. The van der Waals surface area contributed by atoms with Crippen molar-refractivity contribution in [3.8, 4) is 17.0 Å². The first-order chi connectivity index (χ1) is 29.1. The summed E-state index contributed by atoms with van der Waals surface area (Å²) in [5, 5.41) is 23.1. The molecule has 5 aromatic rings. The van der Waals surface area contributed by atoms with Crippen molar-refractivity contribution in [1.82, 2.24) is 29.9 Å². The molecule has 3 saturated heterocycles. The van der Waals surface area contributed by atoms with E-state index in [1.54, 1.807) is 18.2 Å². The fraction of sp³-hybridized carbons (Fsp3) is 0.426. The quantitative estimate of drug-likeness (QED) is 0.148. The molecule has 3 atom stereocenters. The van der Waals surface area contributed by atoms with Crippen LogP contribution in [-0.2, 0) is 0 Å². The maximum atomic E-state index is 13.8. The maximum Gasteiger partial charge on any atom is 0.253 e. The first-order valence-corrected chi connectivity index (χ1v) is 21.1. The summed E-state index contributed by atoms with van der Waals surface area (Å²) < 4.78 is 18.8. The molecule has 2 aromatic heterocycles. The Balaban J connectivity index is 0.767. The molecule has 58 heavy (non-hydrogen) atoms. The number of phenolic OH excluding ortho intramolecular Hbond substituents is 1. The van der Waals surface area contributed by atoms with Gasteiger partial charge in [-0.25, -0.2) is 0 Å². The number of fused-ring (bicyclic) bond motifs is 1. The van der Waals surface area contributed by atoms with Gasteiger partial charge in [0.25, 0.3) is 5.91 Å². The SMILES string of the molecule is [2H]C1C=CN(c2ccc3c(ccn3C3CCN(CC4CCN(C(=O)c5ccc(C6CCCN(c7cc(-c8ccccc8O)nnc7N)C6)c(C)c5)CC4)CC3)c2C)[C@H]([2H])N1. The summed E-state index contributed by atoms with van der Waals surface area (Å²) in [7, 11) is 0. The Kier molecular flexibility index (Phi) is 10.1. The second-order valence-electron chi connectivity index (χ2n) is 16.7. The number of amides is 1. The van der Waals surface area contributed by atoms with Gasteiger partial charge in [0.15, 0.2) is 5.82 Å². The minimum atomic E-state index is -0.678. The number of aromatic nitrogens is 3. The maximum absolute atomic E-state index is 13.8. The van der Waals surface area contributed by atoms with Gasteiger partial charge in [-0.1, -0.05) is 24.3 Å². The Labute approximate surface area is 344 Å². The molecule has 11 nitrogen and oxygen atoms in total. The Hall–Kier alpha value is -5.39. The number of benzene rings is 3. The molecule has 3 fully saturated rings. The molecule has 9 rings (SSSR count). The minimum absolute atomic E-state index is 0.132. The van der Waals surface area contributed by atoms with Crippen molar-refractivity contribution in [2.45, 2.75) is 64.3 Å². The zero-order valence-electron chi connectivity index (χ0n) is 35.7. The van der Waals surface area contributed by atoms with E-state index in [0.717, 1.165) is 112 Å². The van der Waals surface area contributed by atoms with Crippen LogP contribution in [0.1, 0.15) is 80.3 Å². The number of anilines is 3. The highest BCUT2D eigenvalue weighted by atomic mass is 16.3. The fourth-order valence-electron chi connectivity index (χ4n) is 9.91. The highest BCUT2D eigenvalue weighted by Gasteiger charge is 2.30. The molecule has 0 spiro atoms. The van der Waals surface area contributed by atoms with E-state index in [9.17, 15) is 9.90 Å². The molecule has 2 unspecified atom stereocenters. The fourth-order valence-corrected chi connectivity index (χ4v) is 9.91. The molecule has 11 heteroatoms. The van der Waals surface area contributed by atoms with E-state index < -0.39 is 13.2 Å². The Morgan fingerprint density at radius 3 is 2.55 bits per heavy atom. The van der Waals surface area contributed by atoms with Gasteiger partial charge in [0, 0.05) is 106 Å². The number of aromatic hydroxyl groups is 1. The van der Waals surface area contributed by atoms with Gasteiger partial charge in [-0.2, -0.15) is 0 Å². The number of para-hydroxylation sites is 1. The molecule has 1 amide bonds. The second kappa shape index (κ2) is 16.5. The average Bonchev–Trinajstić information content (AvgIpc) is 3.70. The molecule has 0 saturated carbocycles. The van der Waals surface area contributed by atoms with Gasteiger partial charge < -0.3 is 35.0 Å². The first-order valence-electron chi connectivity index (χ1n) is 22.2. The van der Waals surface area contributed by atoms with Gasteiger partial charge in [0.05, 0.1) is 19.4 Å². The van der Waals surface area contributed by atoms with Gasteiger partial charge >= 0.3 is 0 Å². The van der Waals surface area contributed by atoms with Crippen LogP contribution in [-0.4, -0.2) is 94.6 Å². The highest BCUT2D eigenvalue weighted by Crippen LogP contribution is 2.37. The largest absolute Gasteiger partial charge is 0.507 e. The van der Waals surface area contributed by atoms with Crippen molar-refractivity contribution in [3.63, 3.8) is 0 Å². The van der Waals surface area contributed by atoms with Crippen molar-refractivity contribution in [3.05, 3.63) is 107 Å². The molecule has 4 aliphatic rings. The third-order valence-electron chi connectivity index (χ3n) is 13.1. The number of carbonyl (C=O) groups excluding carboxylic acids is 1. The molecule has 4 N–H and O–H groups in total. The number of piperidine rings is 3. The van der Waals surface area contributed by atoms with Crippen molar-refractivity contribution in [1.29, 1.82) is 0 Å². The second-order valence-corrected chi connectivity index (χ2v) is 16.7. The van der Waals surface area contributed by atoms with Gasteiger partial charge in [0.1, 0.15) is 5.75 Å². The first kappa shape index (κ1) is 35.7. The van der Waals surface area contributed by atoms with E-state index in [-0.39, 0.29) is 11.7 Å². The van der Waals surface area contributed by atoms with E-state index in [1.165, 1.54) is 16.5 Å². The van der Waals surface area contributed by atoms with E-state index in [1.807, 2.05) is 35.4 Å². The summed E-state index contributed by atoms with van der Waals surface area (Å²) in [6.07, 6.45) is 12.2. The van der Waals surface area contributed by atoms with Crippen LogP contribution in [0.15, 0.2) is 85.2 Å². The van der Waals surface area contributed by atoms with Crippen LogP contribution in [0.4, 0.5) is 17.2 Å². The highest BCUT2D eigenvalue weighted by molar-refractivity contribution is 5.94. The lowest BCUT2D eigenvalue weighted by molar-refractivity contribution is 0.0653. The standard InChI is InChI=1S/C47H57N9O2/c1-32-27-35(10-11-38(32)36-7-5-20-54(30-36)44-28-41(50-51-46(44)48)40-8-3-4-9-45(40)57)47(58)53-24-14-34(15-25-53)29-52-22-16-37(17-23-52)56-26-18-39-33(2)42(12-13-43(39)56)55-21-6-19-49-31-55/h3-4,6,8-13,18,21,26-28,34,36-37,49,57H,5,7,14-17,19-20,22-25,29-31H2,1-2H3,(H2,48,51)/i19D,31D/t19?,31-,36?/m1/s1. The molecule has 0 bridgehead atoms. The number of nitrogen functional groups attached to an aromatic ring is 1. The molecular weight excluding hydrogens is 723 g/mol. The normalized spacial score (nSPS) is 23.0. The summed E-state index contributed by atoms with van der Waals surface area (Å²) in [6.45, 7) is 9.54. The Bertz CT molecular complexity index is 2390. The molecule has 302 valence electrons. The molecule has 0 aliphatic carbocycles. The van der Waals surface area contributed by atoms with Crippen LogP contribution >= 0.6 is 0 Å². The van der Waals surface area contributed by atoms with Crippen LogP contribution < -0.4 is 20.9 Å². The lowest BCUT2D eigenvalue weighted by Gasteiger charge is -2.38. The van der Waals surface area contributed by atoms with Crippen LogP contribution in [0.5, 0.6) is 5.75 Å². The van der Waals surface area contributed by atoms with Gasteiger partial charge in [0.2, 0.25) is 0 Å². The predicted molar refractivity (Wildman–Crippen MR) is 233 cm³/mol. The summed E-state index contributed by atoms with van der Waals surface area (Å²) >= 11 is 0. The smallest absolute Gasteiger partial charge is 0.253 e. The van der Waals surface area contributed by atoms with Crippen molar-refractivity contribution in [2.75, 3.05) is 74.5 Å². The van der Waals surface area contributed by atoms with Crippen molar-refractivity contribution < 1.29 is 12.6 Å². The number of carbonyl (C=O) groups is 1. The molecular formula is C47H57N9O2. The number of nitrogens with two attached hydrogens (primary N) is 1. The number of nitrogens with zero attached hydrogens (tertiary/aromatic N) is 7. The summed E-state index contributed by atoms with van der Waals surface area (Å²) in [6, 6.07) is 22.3. The summed E-state index contributed by atoms with van der Waals surface area (Å²) in [5.41, 5.74) is 15.0. The molecule has 6 heterocycles. The average molecular weight is 782 g/mol. The Morgan fingerprint density at radius 2 is 1.76 bits per heavy atom. The van der Waals surface area contributed by atoms with Gasteiger partial charge in [-0.05, 0) is 124 Å². The van der Waals surface area contributed by atoms with Crippen molar-refractivity contribution >= 4 is 34.0 Å². The zero-order chi connectivity index (χ0) is 41.5. The zero-order valence-corrected chi connectivity index (χ0v) is 33.7. The number of rotatable bonds is 8. The van der Waals surface area contributed by atoms with E-state index in [2.05, 4.69) is 85.2 Å². The number of phenols is 1. The van der Waals surface area contributed by atoms with Crippen LogP contribution in [0.25, 0.3) is 22.2 Å². The topological polar surface area (TPSA) is 119 Å². The number of aryl methyl sites for hydroxylation is 2.